The maximum absolute atomic E-state index is 14.6. The molecular weight excluding hydrogens is 436 g/mol. The molecule has 1 aliphatic heterocycles. The third-order valence-corrected chi connectivity index (χ3v) is 5.50. The van der Waals surface area contributed by atoms with Gasteiger partial charge < -0.3 is 14.2 Å². The molecule has 0 N–H and O–H groups in total. The van der Waals surface area contributed by atoms with Crippen molar-refractivity contribution in [3.8, 4) is 11.8 Å². The molecule has 7 heteroatoms. The van der Waals surface area contributed by atoms with Gasteiger partial charge in [0.05, 0.1) is 18.8 Å². The summed E-state index contributed by atoms with van der Waals surface area (Å²) < 4.78 is 72.8. The van der Waals surface area contributed by atoms with Crippen molar-refractivity contribution >= 4 is 10.8 Å². The fraction of sp³-hybridized carbons (Fsp3) is 0.308. The molecule has 0 radical (unpaired) electrons. The van der Waals surface area contributed by atoms with Crippen LogP contribution in [0.15, 0.2) is 42.5 Å². The van der Waals surface area contributed by atoms with Crippen molar-refractivity contribution in [2.24, 2.45) is 5.92 Å². The maximum Gasteiger partial charge on any atom is 0.184 e. The summed E-state index contributed by atoms with van der Waals surface area (Å²) in [5.41, 5.74) is 0.265. The van der Waals surface area contributed by atoms with Gasteiger partial charge in [-0.1, -0.05) is 24.0 Å². The Morgan fingerprint density at radius 2 is 1.64 bits per heavy atom. The normalized spacial score (nSPS) is 18.2. The van der Waals surface area contributed by atoms with Crippen molar-refractivity contribution in [1.29, 1.82) is 0 Å². The molecule has 1 saturated heterocycles. The van der Waals surface area contributed by atoms with Crippen LogP contribution in [-0.4, -0.2) is 26.9 Å². The van der Waals surface area contributed by atoms with Crippen LogP contribution in [0.5, 0.6) is 0 Å². The summed E-state index contributed by atoms with van der Waals surface area (Å²) in [4.78, 5) is 0. The molecule has 0 atom stereocenters. The molecular formula is C26H22F4O3. The van der Waals surface area contributed by atoms with E-state index in [1.165, 1.54) is 24.3 Å². The topological polar surface area (TPSA) is 27.7 Å². The first-order valence-electron chi connectivity index (χ1n) is 10.6. The van der Waals surface area contributed by atoms with E-state index in [9.17, 15) is 17.6 Å². The third kappa shape index (κ3) is 5.36. The zero-order valence-corrected chi connectivity index (χ0v) is 18.0. The Hall–Kier alpha value is -2.92. The molecule has 0 amide bonds. The van der Waals surface area contributed by atoms with E-state index in [0.717, 1.165) is 31.0 Å². The fourth-order valence-electron chi connectivity index (χ4n) is 3.74. The van der Waals surface area contributed by atoms with E-state index >= 15 is 0 Å². The molecule has 0 unspecified atom stereocenters. The van der Waals surface area contributed by atoms with Crippen LogP contribution in [0.4, 0.5) is 17.6 Å². The number of rotatable bonds is 5. The average Bonchev–Trinajstić information content (AvgIpc) is 2.81. The van der Waals surface area contributed by atoms with Crippen LogP contribution in [0.2, 0.25) is 0 Å². The molecule has 3 aromatic carbocycles. The number of halogens is 4. The number of benzene rings is 3. The van der Waals surface area contributed by atoms with Crippen molar-refractivity contribution < 1.29 is 31.8 Å². The Labute approximate surface area is 189 Å². The summed E-state index contributed by atoms with van der Waals surface area (Å²) in [6.07, 6.45) is 0.928. The summed E-state index contributed by atoms with van der Waals surface area (Å²) in [5.74, 6) is 1.82. The molecule has 0 saturated carbocycles. The van der Waals surface area contributed by atoms with Gasteiger partial charge in [-0.3, -0.25) is 0 Å². The van der Waals surface area contributed by atoms with Crippen LogP contribution in [0, 0.1) is 41.0 Å². The zero-order chi connectivity index (χ0) is 23.4. The van der Waals surface area contributed by atoms with Gasteiger partial charge in [-0.2, -0.15) is 0 Å². The minimum absolute atomic E-state index is 0.107. The van der Waals surface area contributed by atoms with Gasteiger partial charge in [0.25, 0.3) is 0 Å². The molecule has 172 valence electrons. The minimum atomic E-state index is -0.951. The van der Waals surface area contributed by atoms with E-state index in [1.54, 1.807) is 7.11 Å². The van der Waals surface area contributed by atoms with Crippen LogP contribution < -0.4 is 0 Å². The second-order valence-electron chi connectivity index (χ2n) is 7.91. The van der Waals surface area contributed by atoms with Crippen LogP contribution in [0.1, 0.15) is 35.8 Å². The van der Waals surface area contributed by atoms with Crippen molar-refractivity contribution in [3.63, 3.8) is 0 Å². The maximum atomic E-state index is 14.6. The third-order valence-electron chi connectivity index (χ3n) is 5.50. The summed E-state index contributed by atoms with van der Waals surface area (Å²) >= 11 is 0. The number of hydrogen-bond donors (Lipinski definition) is 0. The van der Waals surface area contributed by atoms with Crippen LogP contribution in [-0.2, 0) is 14.2 Å². The van der Waals surface area contributed by atoms with Gasteiger partial charge >= 0.3 is 0 Å². The molecule has 1 fully saturated rings. The lowest BCUT2D eigenvalue weighted by Crippen LogP contribution is -2.27. The quantitative estimate of drug-likeness (QED) is 0.271. The van der Waals surface area contributed by atoms with Crippen molar-refractivity contribution in [2.75, 3.05) is 26.9 Å². The van der Waals surface area contributed by atoms with Gasteiger partial charge in [-0.25, -0.2) is 17.6 Å². The second-order valence-corrected chi connectivity index (χ2v) is 7.91. The molecule has 0 aromatic heterocycles. The molecule has 0 aliphatic carbocycles. The van der Waals surface area contributed by atoms with Crippen LogP contribution in [0.25, 0.3) is 10.8 Å². The van der Waals surface area contributed by atoms with E-state index in [4.69, 9.17) is 14.2 Å². The van der Waals surface area contributed by atoms with Gasteiger partial charge in [0, 0.05) is 36.1 Å². The first-order valence-corrected chi connectivity index (χ1v) is 10.6. The average molecular weight is 458 g/mol. The molecule has 3 aromatic rings. The Morgan fingerprint density at radius 3 is 2.33 bits per heavy atom. The number of ether oxygens (including phenoxy) is 3. The molecule has 33 heavy (non-hydrogen) atoms. The summed E-state index contributed by atoms with van der Waals surface area (Å²) in [7, 11) is 1.65. The molecule has 4 rings (SSSR count). The highest BCUT2D eigenvalue weighted by Gasteiger charge is 2.25. The Bertz CT molecular complexity index is 1180. The van der Waals surface area contributed by atoms with E-state index in [1.807, 2.05) is 0 Å². The lowest BCUT2D eigenvalue weighted by Gasteiger charge is -2.29. The van der Waals surface area contributed by atoms with Crippen molar-refractivity contribution in [1.82, 2.24) is 0 Å². The lowest BCUT2D eigenvalue weighted by atomic mass is 10.0. The summed E-state index contributed by atoms with van der Waals surface area (Å²) in [6.45, 7) is 1.53. The van der Waals surface area contributed by atoms with E-state index in [0.29, 0.717) is 30.8 Å². The summed E-state index contributed by atoms with van der Waals surface area (Å²) in [6, 6.07) is 9.12. The van der Waals surface area contributed by atoms with E-state index in [-0.39, 0.29) is 16.9 Å². The van der Waals surface area contributed by atoms with Gasteiger partial charge in [0.1, 0.15) is 11.6 Å². The van der Waals surface area contributed by atoms with Crippen LogP contribution >= 0.6 is 0 Å². The Balaban J connectivity index is 1.48. The number of methoxy groups -OCH3 is 1. The minimum Gasteiger partial charge on any atom is -0.385 e. The molecule has 0 bridgehead atoms. The predicted molar refractivity (Wildman–Crippen MR) is 115 cm³/mol. The first kappa shape index (κ1) is 23.2. The van der Waals surface area contributed by atoms with Gasteiger partial charge in [-0.05, 0) is 48.6 Å². The lowest BCUT2D eigenvalue weighted by molar-refractivity contribution is -0.206. The highest BCUT2D eigenvalue weighted by atomic mass is 19.2. The highest BCUT2D eigenvalue weighted by Crippen LogP contribution is 2.29. The first-order chi connectivity index (χ1) is 16.0. The molecule has 1 aliphatic rings. The largest absolute Gasteiger partial charge is 0.385 e. The standard InChI is InChI=1S/C26H22F4O3/c1-31-10-2-3-17-14-32-26(33-15-17)19-12-23(28)21(24(29)13-19)8-5-16-4-7-20-18(11-16)6-9-22(27)25(20)30/h4,6-7,9,11-13,17,26H,2-3,10,14-15H2,1H3. The molecule has 0 spiro atoms. The monoisotopic (exact) mass is 458 g/mol. The fourth-order valence-corrected chi connectivity index (χ4v) is 3.74. The number of hydrogen-bond acceptors (Lipinski definition) is 3. The molecule has 1 heterocycles. The SMILES string of the molecule is COCCCC1COC(c2cc(F)c(C#Cc3ccc4c(F)c(F)ccc4c3)c(F)c2)OC1. The zero-order valence-electron chi connectivity index (χ0n) is 18.0. The van der Waals surface area contributed by atoms with Gasteiger partial charge in [0.15, 0.2) is 17.9 Å². The second kappa shape index (κ2) is 10.3. The number of fused-ring (bicyclic) bond motifs is 1. The van der Waals surface area contributed by atoms with E-state index < -0.39 is 35.1 Å². The van der Waals surface area contributed by atoms with Crippen molar-refractivity contribution in [2.45, 2.75) is 19.1 Å². The highest BCUT2D eigenvalue weighted by molar-refractivity contribution is 5.84. The van der Waals surface area contributed by atoms with Crippen LogP contribution in [0.3, 0.4) is 0 Å². The summed E-state index contributed by atoms with van der Waals surface area (Å²) in [5, 5.41) is 0.541. The Morgan fingerprint density at radius 1 is 0.909 bits per heavy atom. The molecule has 3 nitrogen and oxygen atoms in total. The predicted octanol–water partition coefficient (Wildman–Crippen LogP) is 5.88. The van der Waals surface area contributed by atoms with Gasteiger partial charge in [0.2, 0.25) is 0 Å². The van der Waals surface area contributed by atoms with Crippen molar-refractivity contribution in [3.05, 3.63) is 82.4 Å². The van der Waals surface area contributed by atoms with Gasteiger partial charge in [-0.15, -0.1) is 0 Å². The smallest absolute Gasteiger partial charge is 0.184 e. The van der Waals surface area contributed by atoms with E-state index in [2.05, 4.69) is 11.8 Å². The Kier molecular flexibility index (Phi) is 7.29.